The number of benzene rings is 1. The smallest absolute Gasteiger partial charge is 0.191 e. The Labute approximate surface area is 195 Å². The fourth-order valence-corrected chi connectivity index (χ4v) is 3.62. The molecule has 1 atom stereocenters. The van der Waals surface area contributed by atoms with Crippen molar-refractivity contribution in [3.8, 4) is 11.5 Å². The lowest BCUT2D eigenvalue weighted by Crippen LogP contribution is -2.40. The molecule has 0 aliphatic rings. The maximum absolute atomic E-state index is 9.29. The number of aliphatic imine (C=N–C) groups is 1. The third kappa shape index (κ3) is 9.65. The zero-order valence-corrected chi connectivity index (χ0v) is 21.5. The van der Waals surface area contributed by atoms with E-state index < -0.39 is 0 Å². The number of halogens is 2. The summed E-state index contributed by atoms with van der Waals surface area (Å²) < 4.78 is 11.6. The molecule has 0 saturated heterocycles. The fraction of sp³-hybridized carbons (Fsp3) is 0.650. The van der Waals surface area contributed by atoms with Gasteiger partial charge in [0.1, 0.15) is 0 Å². The van der Waals surface area contributed by atoms with Crippen LogP contribution in [-0.4, -0.2) is 45.0 Å². The molecule has 28 heavy (non-hydrogen) atoms. The first-order chi connectivity index (χ1) is 12.9. The van der Waals surface area contributed by atoms with Gasteiger partial charge in [-0.3, -0.25) is 0 Å². The van der Waals surface area contributed by atoms with E-state index in [2.05, 4.69) is 45.4 Å². The summed E-state index contributed by atoms with van der Waals surface area (Å²) in [6.07, 6.45) is 1.88. The third-order valence-electron chi connectivity index (χ3n) is 4.16. The van der Waals surface area contributed by atoms with Gasteiger partial charge in [-0.2, -0.15) is 0 Å². The van der Waals surface area contributed by atoms with Gasteiger partial charge in [-0.25, -0.2) is 4.99 Å². The van der Waals surface area contributed by atoms with Crippen molar-refractivity contribution in [2.45, 2.75) is 40.2 Å². The van der Waals surface area contributed by atoms with Crippen LogP contribution in [0.5, 0.6) is 11.5 Å². The number of nitrogens with zero attached hydrogens (tertiary/aromatic N) is 1. The lowest BCUT2D eigenvalue weighted by molar-refractivity contribution is 0.243. The predicted molar refractivity (Wildman–Crippen MR) is 130 cm³/mol. The molecular formula is C20H35BrIN3O3. The van der Waals surface area contributed by atoms with Crippen molar-refractivity contribution in [3.05, 3.63) is 22.2 Å². The number of nitrogens with one attached hydrogen (secondary N) is 2. The van der Waals surface area contributed by atoms with Gasteiger partial charge in [-0.1, -0.05) is 13.8 Å². The van der Waals surface area contributed by atoms with Crippen molar-refractivity contribution in [1.29, 1.82) is 0 Å². The maximum atomic E-state index is 9.29. The Balaban J connectivity index is 0.00000729. The molecule has 0 heterocycles. The Morgan fingerprint density at radius 3 is 2.46 bits per heavy atom. The van der Waals surface area contributed by atoms with E-state index in [0.717, 1.165) is 41.9 Å². The van der Waals surface area contributed by atoms with E-state index in [0.29, 0.717) is 29.9 Å². The zero-order chi connectivity index (χ0) is 20.2. The number of methoxy groups -OCH3 is 2. The number of hydrogen-bond acceptors (Lipinski definition) is 4. The highest BCUT2D eigenvalue weighted by Gasteiger charge is 2.12. The SMILES string of the molecule is CCNC(=NCc1cc(Br)c(OC)c(OC)c1)NCC(CCO)CC(C)C.I. The molecule has 1 aromatic rings. The molecule has 0 aromatic heterocycles. The van der Waals surface area contributed by atoms with Crippen LogP contribution in [0.4, 0.5) is 0 Å². The summed E-state index contributed by atoms with van der Waals surface area (Å²) in [6.45, 7) is 8.77. The van der Waals surface area contributed by atoms with Crippen LogP contribution in [0.25, 0.3) is 0 Å². The second-order valence-electron chi connectivity index (χ2n) is 6.90. The van der Waals surface area contributed by atoms with Gasteiger partial charge >= 0.3 is 0 Å². The molecule has 0 aliphatic carbocycles. The molecule has 0 fully saturated rings. The van der Waals surface area contributed by atoms with Crippen molar-refractivity contribution >= 4 is 45.9 Å². The molecule has 0 aliphatic heterocycles. The molecule has 1 aromatic carbocycles. The van der Waals surface area contributed by atoms with Crippen molar-refractivity contribution in [2.75, 3.05) is 33.9 Å². The summed E-state index contributed by atoms with van der Waals surface area (Å²) in [5.41, 5.74) is 1.02. The second-order valence-corrected chi connectivity index (χ2v) is 7.75. The number of hydrogen-bond donors (Lipinski definition) is 3. The molecule has 0 bridgehead atoms. The van der Waals surface area contributed by atoms with Crippen LogP contribution in [0.1, 0.15) is 39.2 Å². The zero-order valence-electron chi connectivity index (χ0n) is 17.5. The van der Waals surface area contributed by atoms with Crippen molar-refractivity contribution < 1.29 is 14.6 Å². The van der Waals surface area contributed by atoms with Crippen LogP contribution in [0.3, 0.4) is 0 Å². The van der Waals surface area contributed by atoms with E-state index in [9.17, 15) is 5.11 Å². The molecule has 0 spiro atoms. The summed E-state index contributed by atoms with van der Waals surface area (Å²) >= 11 is 3.52. The predicted octanol–water partition coefficient (Wildman–Crippen LogP) is 4.18. The Morgan fingerprint density at radius 2 is 1.93 bits per heavy atom. The van der Waals surface area contributed by atoms with Crippen molar-refractivity contribution in [1.82, 2.24) is 10.6 Å². The maximum Gasteiger partial charge on any atom is 0.191 e. The number of rotatable bonds is 11. The number of ether oxygens (including phenoxy) is 2. The summed E-state index contributed by atoms with van der Waals surface area (Å²) in [4.78, 5) is 4.68. The molecule has 1 rings (SSSR count). The first-order valence-electron chi connectivity index (χ1n) is 9.48. The molecule has 0 saturated carbocycles. The quantitative estimate of drug-likeness (QED) is 0.211. The minimum Gasteiger partial charge on any atom is -0.493 e. The number of guanidine groups is 1. The van der Waals surface area contributed by atoms with E-state index in [4.69, 9.17) is 9.47 Å². The average Bonchev–Trinajstić information content (AvgIpc) is 2.63. The van der Waals surface area contributed by atoms with Crippen LogP contribution in [0, 0.1) is 11.8 Å². The lowest BCUT2D eigenvalue weighted by Gasteiger charge is -2.20. The minimum absolute atomic E-state index is 0. The van der Waals surface area contributed by atoms with Gasteiger partial charge in [0.05, 0.1) is 25.2 Å². The summed E-state index contributed by atoms with van der Waals surface area (Å²) in [6, 6.07) is 3.92. The molecule has 6 nitrogen and oxygen atoms in total. The van der Waals surface area contributed by atoms with Gasteiger partial charge in [0, 0.05) is 19.7 Å². The van der Waals surface area contributed by atoms with Crippen LogP contribution < -0.4 is 20.1 Å². The van der Waals surface area contributed by atoms with E-state index in [1.54, 1.807) is 14.2 Å². The van der Waals surface area contributed by atoms with E-state index in [1.165, 1.54) is 0 Å². The van der Waals surface area contributed by atoms with Gasteiger partial charge in [0.25, 0.3) is 0 Å². The van der Waals surface area contributed by atoms with Gasteiger partial charge in [0.2, 0.25) is 0 Å². The Hall–Kier alpha value is -0.740. The van der Waals surface area contributed by atoms with E-state index >= 15 is 0 Å². The van der Waals surface area contributed by atoms with Crippen LogP contribution in [-0.2, 0) is 6.54 Å². The highest BCUT2D eigenvalue weighted by Crippen LogP contribution is 2.36. The monoisotopic (exact) mass is 571 g/mol. The molecular weight excluding hydrogens is 537 g/mol. The van der Waals surface area contributed by atoms with Crippen LogP contribution >= 0.6 is 39.9 Å². The summed E-state index contributed by atoms with van der Waals surface area (Å²) in [5.74, 6) is 3.15. The minimum atomic E-state index is 0. The second kappa shape index (κ2) is 15.1. The Kier molecular flexibility index (Phi) is 14.7. The van der Waals surface area contributed by atoms with Crippen LogP contribution in [0.15, 0.2) is 21.6 Å². The lowest BCUT2D eigenvalue weighted by atomic mass is 9.94. The topological polar surface area (TPSA) is 75.1 Å². The van der Waals surface area contributed by atoms with Gasteiger partial charge < -0.3 is 25.2 Å². The number of aliphatic hydroxyl groups is 1. The molecule has 8 heteroatoms. The molecule has 0 amide bonds. The third-order valence-corrected chi connectivity index (χ3v) is 4.75. The fourth-order valence-electron chi connectivity index (χ4n) is 2.97. The Bertz CT molecular complexity index is 600. The van der Waals surface area contributed by atoms with Crippen molar-refractivity contribution in [2.24, 2.45) is 16.8 Å². The molecule has 0 radical (unpaired) electrons. The average molecular weight is 572 g/mol. The molecule has 162 valence electrons. The van der Waals surface area contributed by atoms with Crippen LogP contribution in [0.2, 0.25) is 0 Å². The number of aliphatic hydroxyl groups excluding tert-OH is 1. The first-order valence-corrected chi connectivity index (χ1v) is 10.3. The molecule has 1 unspecified atom stereocenters. The van der Waals surface area contributed by atoms with E-state index in [-0.39, 0.29) is 30.6 Å². The summed E-state index contributed by atoms with van der Waals surface area (Å²) in [5, 5.41) is 16.0. The normalized spacial score (nSPS) is 12.4. The highest BCUT2D eigenvalue weighted by atomic mass is 127. The standard InChI is InChI=1S/C20H34BrN3O3.HI/c1-6-22-20(23-12-15(7-8-25)9-14(2)3)24-13-16-10-17(21)19(27-5)18(11-16)26-4;/h10-11,14-15,25H,6-9,12-13H2,1-5H3,(H2,22,23,24);1H. The first kappa shape index (κ1) is 27.3. The summed E-state index contributed by atoms with van der Waals surface area (Å²) in [7, 11) is 3.24. The molecule has 3 N–H and O–H groups in total. The van der Waals surface area contributed by atoms with Gasteiger partial charge in [-0.15, -0.1) is 24.0 Å². The van der Waals surface area contributed by atoms with E-state index in [1.807, 2.05) is 19.1 Å². The van der Waals surface area contributed by atoms with Gasteiger partial charge in [-0.05, 0) is 65.2 Å². The highest BCUT2D eigenvalue weighted by molar-refractivity contribution is 14.0. The van der Waals surface area contributed by atoms with Gasteiger partial charge in [0.15, 0.2) is 17.5 Å². The van der Waals surface area contributed by atoms with Crippen molar-refractivity contribution in [3.63, 3.8) is 0 Å². The Morgan fingerprint density at radius 1 is 1.21 bits per heavy atom. The largest absolute Gasteiger partial charge is 0.493 e.